The minimum Gasteiger partial charge on any atom is -0.326 e. The maximum atomic E-state index is 12.7. The number of nitrogens with one attached hydrogen (secondary N) is 2. The number of carbonyl (C=O) groups excluding carboxylic acids is 2. The molecule has 1 atom stereocenters. The van der Waals surface area contributed by atoms with E-state index in [1.165, 1.54) is 18.2 Å². The van der Waals surface area contributed by atoms with Crippen molar-refractivity contribution >= 4 is 46.6 Å². The Bertz CT molecular complexity index is 852. The van der Waals surface area contributed by atoms with Gasteiger partial charge >= 0.3 is 0 Å². The van der Waals surface area contributed by atoms with Crippen molar-refractivity contribution in [3.8, 4) is 0 Å². The quantitative estimate of drug-likeness (QED) is 0.502. The highest BCUT2D eigenvalue weighted by Gasteiger charge is 2.22. The summed E-state index contributed by atoms with van der Waals surface area (Å²) >= 11 is 7.50. The molecule has 6 heteroatoms. The summed E-state index contributed by atoms with van der Waals surface area (Å²) in [6.45, 7) is 1.99. The molecule has 0 aliphatic heterocycles. The van der Waals surface area contributed by atoms with Crippen LogP contribution in [-0.2, 0) is 9.59 Å². The summed E-state index contributed by atoms with van der Waals surface area (Å²) < 4.78 is 0. The highest BCUT2D eigenvalue weighted by atomic mass is 35.5. The van der Waals surface area contributed by atoms with Crippen LogP contribution < -0.4 is 10.6 Å². The van der Waals surface area contributed by atoms with Crippen LogP contribution in [0.1, 0.15) is 45.4 Å². The molecule has 0 heterocycles. The lowest BCUT2D eigenvalue weighted by molar-refractivity contribution is -0.120. The molecule has 0 aromatic heterocycles. The van der Waals surface area contributed by atoms with E-state index < -0.39 is 0 Å². The van der Waals surface area contributed by atoms with Crippen LogP contribution in [0.3, 0.4) is 0 Å². The first-order valence-electron chi connectivity index (χ1n) is 10.2. The molecule has 0 saturated heterocycles. The molecule has 0 bridgehead atoms. The second-order valence-electron chi connectivity index (χ2n) is 7.37. The van der Waals surface area contributed by atoms with Gasteiger partial charge in [-0.05, 0) is 55.7 Å². The van der Waals surface area contributed by atoms with Crippen LogP contribution in [-0.4, -0.2) is 17.1 Å². The predicted octanol–water partition coefficient (Wildman–Crippen LogP) is 6.37. The van der Waals surface area contributed by atoms with Crippen molar-refractivity contribution in [1.82, 2.24) is 0 Å². The molecule has 2 amide bonds. The summed E-state index contributed by atoms with van der Waals surface area (Å²) in [5, 5.41) is 6.33. The number of carbonyl (C=O) groups is 2. The summed E-state index contributed by atoms with van der Waals surface area (Å²) in [4.78, 5) is 26.1. The van der Waals surface area contributed by atoms with E-state index in [0.29, 0.717) is 17.1 Å². The highest BCUT2D eigenvalue weighted by Crippen LogP contribution is 2.30. The number of thioether (sulfide) groups is 1. The number of rotatable bonds is 7. The number of anilines is 2. The molecule has 2 N–H and O–H groups in total. The molecule has 1 aliphatic rings. The lowest BCUT2D eigenvalue weighted by atomic mass is 9.88. The number of hydrogen-bond donors (Lipinski definition) is 2. The molecule has 1 aliphatic carbocycles. The highest BCUT2D eigenvalue weighted by molar-refractivity contribution is 8.00. The van der Waals surface area contributed by atoms with E-state index in [0.717, 1.165) is 36.3 Å². The molecule has 2 aromatic carbocycles. The summed E-state index contributed by atoms with van der Waals surface area (Å²) in [5.74, 6) is 0.168. The van der Waals surface area contributed by atoms with Crippen molar-refractivity contribution in [2.24, 2.45) is 5.92 Å². The Kier molecular flexibility index (Phi) is 8.01. The second kappa shape index (κ2) is 10.7. The lowest BCUT2D eigenvalue weighted by Gasteiger charge is -2.21. The Hall–Kier alpha value is -1.98. The fourth-order valence-corrected chi connectivity index (χ4v) is 4.74. The summed E-state index contributed by atoms with van der Waals surface area (Å²) in [6, 6.07) is 14.9. The van der Waals surface area contributed by atoms with Gasteiger partial charge in [-0.1, -0.05) is 49.9 Å². The largest absolute Gasteiger partial charge is 0.326 e. The van der Waals surface area contributed by atoms with Gasteiger partial charge in [0.05, 0.1) is 5.25 Å². The van der Waals surface area contributed by atoms with Gasteiger partial charge in [0.15, 0.2) is 0 Å². The van der Waals surface area contributed by atoms with E-state index in [1.807, 2.05) is 43.3 Å². The fourth-order valence-electron chi connectivity index (χ4n) is 3.53. The molecular weight excluding hydrogens is 404 g/mol. The fraction of sp³-hybridized carbons (Fsp3) is 0.391. The molecule has 29 heavy (non-hydrogen) atoms. The van der Waals surface area contributed by atoms with Crippen molar-refractivity contribution in [2.75, 3.05) is 10.6 Å². The first-order chi connectivity index (χ1) is 14.0. The van der Waals surface area contributed by atoms with Gasteiger partial charge in [-0.3, -0.25) is 9.59 Å². The average molecular weight is 431 g/mol. The maximum absolute atomic E-state index is 12.7. The normalized spacial score (nSPS) is 15.5. The Morgan fingerprint density at radius 3 is 2.41 bits per heavy atom. The summed E-state index contributed by atoms with van der Waals surface area (Å²) in [6.07, 6.45) is 6.13. The van der Waals surface area contributed by atoms with Crippen molar-refractivity contribution in [3.05, 3.63) is 53.6 Å². The zero-order valence-corrected chi connectivity index (χ0v) is 18.2. The predicted molar refractivity (Wildman–Crippen MR) is 122 cm³/mol. The minimum atomic E-state index is -0.238. The smallest absolute Gasteiger partial charge is 0.237 e. The topological polar surface area (TPSA) is 58.2 Å². The molecular formula is C23H27ClN2O2S. The Morgan fingerprint density at radius 2 is 1.72 bits per heavy atom. The van der Waals surface area contributed by atoms with Crippen molar-refractivity contribution in [3.63, 3.8) is 0 Å². The van der Waals surface area contributed by atoms with E-state index >= 15 is 0 Å². The van der Waals surface area contributed by atoms with Crippen molar-refractivity contribution in [1.29, 1.82) is 0 Å². The summed E-state index contributed by atoms with van der Waals surface area (Å²) in [5.41, 5.74) is 1.48. The molecule has 1 saturated carbocycles. The second-order valence-corrected chi connectivity index (χ2v) is 9.08. The SMILES string of the molecule is CCC(Sc1cccc(NC(=O)C2CCCCC2)c1)C(=O)Nc1cccc(Cl)c1. The van der Waals surface area contributed by atoms with E-state index in [2.05, 4.69) is 10.6 Å². The van der Waals surface area contributed by atoms with Crippen LogP contribution in [0, 0.1) is 5.92 Å². The van der Waals surface area contributed by atoms with Gasteiger partial charge in [-0.2, -0.15) is 0 Å². The molecule has 1 unspecified atom stereocenters. The molecule has 0 radical (unpaired) electrons. The third kappa shape index (κ3) is 6.51. The monoisotopic (exact) mass is 430 g/mol. The molecule has 2 aromatic rings. The molecule has 4 nitrogen and oxygen atoms in total. The number of hydrogen-bond acceptors (Lipinski definition) is 3. The average Bonchev–Trinajstić information content (AvgIpc) is 2.73. The maximum Gasteiger partial charge on any atom is 0.237 e. The van der Waals surface area contributed by atoms with Crippen LogP contribution in [0.15, 0.2) is 53.4 Å². The Balaban J connectivity index is 1.61. The standard InChI is InChI=1S/C23H27ClN2O2S/c1-2-21(23(28)26-18-11-6-10-17(24)14-18)29-20-13-7-12-19(15-20)25-22(27)16-8-4-3-5-9-16/h6-7,10-16,21H,2-5,8-9H2,1H3,(H,25,27)(H,26,28). The zero-order valence-electron chi connectivity index (χ0n) is 16.6. The van der Waals surface area contributed by atoms with Crippen molar-refractivity contribution < 1.29 is 9.59 Å². The van der Waals surface area contributed by atoms with E-state index in [1.54, 1.807) is 12.1 Å². The van der Waals surface area contributed by atoms with E-state index in [9.17, 15) is 9.59 Å². The molecule has 3 rings (SSSR count). The number of halogens is 1. The lowest BCUT2D eigenvalue weighted by Crippen LogP contribution is -2.25. The molecule has 154 valence electrons. The number of benzene rings is 2. The zero-order chi connectivity index (χ0) is 20.6. The molecule has 1 fully saturated rings. The van der Waals surface area contributed by atoms with Crippen LogP contribution in [0.5, 0.6) is 0 Å². The van der Waals surface area contributed by atoms with E-state index in [-0.39, 0.29) is 23.0 Å². The first kappa shape index (κ1) is 21.7. The third-order valence-corrected chi connectivity index (χ3v) is 6.70. The van der Waals surface area contributed by atoms with Gasteiger partial charge < -0.3 is 10.6 Å². The van der Waals surface area contributed by atoms with Crippen LogP contribution in [0.25, 0.3) is 0 Å². The number of amides is 2. The van der Waals surface area contributed by atoms with Gasteiger partial charge in [0.2, 0.25) is 11.8 Å². The Morgan fingerprint density at radius 1 is 1.03 bits per heavy atom. The van der Waals surface area contributed by atoms with Gasteiger partial charge in [0.25, 0.3) is 0 Å². The van der Waals surface area contributed by atoms with Gasteiger partial charge in [0, 0.05) is 27.2 Å². The van der Waals surface area contributed by atoms with Crippen molar-refractivity contribution in [2.45, 2.75) is 55.6 Å². The van der Waals surface area contributed by atoms with Crippen LogP contribution >= 0.6 is 23.4 Å². The van der Waals surface area contributed by atoms with Crippen LogP contribution in [0.2, 0.25) is 5.02 Å². The minimum absolute atomic E-state index is 0.0589. The van der Waals surface area contributed by atoms with Gasteiger partial charge in [-0.15, -0.1) is 11.8 Å². The van der Waals surface area contributed by atoms with Gasteiger partial charge in [0.1, 0.15) is 0 Å². The van der Waals surface area contributed by atoms with E-state index in [4.69, 9.17) is 11.6 Å². The van der Waals surface area contributed by atoms with Gasteiger partial charge in [-0.25, -0.2) is 0 Å². The summed E-state index contributed by atoms with van der Waals surface area (Å²) in [7, 11) is 0. The first-order valence-corrected chi connectivity index (χ1v) is 11.4. The molecule has 0 spiro atoms. The van der Waals surface area contributed by atoms with Crippen LogP contribution in [0.4, 0.5) is 11.4 Å². The Labute approximate surface area is 181 Å². The third-order valence-electron chi connectivity index (χ3n) is 5.11.